The molecular weight excluding hydrogens is 897 g/mol. The van der Waals surface area contributed by atoms with E-state index in [2.05, 4.69) is 10.2 Å². The van der Waals surface area contributed by atoms with E-state index in [-0.39, 0.29) is 71.6 Å². The summed E-state index contributed by atoms with van der Waals surface area (Å²) < 4.78 is 108. The minimum atomic E-state index is -4.96. The topological polar surface area (TPSA) is 106 Å². The number of carbonyl (C=O) groups is 1. The number of aromatic nitrogens is 1. The molecule has 10 nitrogen and oxygen atoms in total. The molecule has 6 bridgehead atoms. The van der Waals surface area contributed by atoms with Crippen molar-refractivity contribution in [2.45, 2.75) is 74.1 Å². The van der Waals surface area contributed by atoms with Gasteiger partial charge >= 0.3 is 255 Å². The summed E-state index contributed by atoms with van der Waals surface area (Å²) in [5, 5.41) is 12.2. The third-order valence-electron chi connectivity index (χ3n) is 11.4. The second-order valence-corrected chi connectivity index (χ2v) is 18.0. The van der Waals surface area contributed by atoms with Crippen LogP contribution in [0.3, 0.4) is 0 Å². The normalized spacial score (nSPS) is 22.3. The second kappa shape index (κ2) is 16.7. The summed E-state index contributed by atoms with van der Waals surface area (Å²) in [7, 11) is 0. The van der Waals surface area contributed by atoms with Gasteiger partial charge in [0, 0.05) is 25.7 Å². The van der Waals surface area contributed by atoms with Crippen molar-refractivity contribution >= 4 is 11.6 Å². The Labute approximate surface area is 346 Å². The summed E-state index contributed by atoms with van der Waals surface area (Å²) in [4.78, 5) is 32.5. The van der Waals surface area contributed by atoms with Crippen LogP contribution in [-0.4, -0.2) is 76.4 Å². The number of rotatable bonds is 9. The van der Waals surface area contributed by atoms with Crippen molar-refractivity contribution in [3.05, 3.63) is 110 Å². The number of hydrogen-bond donors (Lipinski definition) is 2. The second-order valence-electron chi connectivity index (χ2n) is 15.4. The molecular formula is C42H42F6IN4O6-. The van der Waals surface area contributed by atoms with Crippen LogP contribution < -0.4 is 42.1 Å². The van der Waals surface area contributed by atoms with Gasteiger partial charge in [0.1, 0.15) is 13.0 Å². The number of likely N-dealkylation sites (tertiary alicyclic amines) is 1. The van der Waals surface area contributed by atoms with Crippen LogP contribution in [0.15, 0.2) is 59.5 Å². The van der Waals surface area contributed by atoms with E-state index in [1.54, 1.807) is 24.0 Å². The Hall–Kier alpha value is -4.17. The van der Waals surface area contributed by atoms with Gasteiger partial charge in [-0.05, 0) is 12.0 Å². The molecule has 8 rings (SSSR count). The molecule has 316 valence electrons. The zero-order valence-corrected chi connectivity index (χ0v) is 34.3. The first kappa shape index (κ1) is 41.6. The predicted molar refractivity (Wildman–Crippen MR) is 200 cm³/mol. The number of amides is 1. The van der Waals surface area contributed by atoms with Crippen LogP contribution in [-0.2, 0) is 25.2 Å². The number of halogens is 7. The average molecular weight is 940 g/mol. The molecule has 1 aromatic heterocycles. The molecule has 2 N–H and O–H groups in total. The number of pyridine rings is 1. The maximum absolute atomic E-state index is 16.4. The minimum absolute atomic E-state index is 0.0200. The van der Waals surface area contributed by atoms with E-state index in [1.807, 2.05) is 19.1 Å². The fraction of sp³-hybridized carbons (Fsp3) is 0.429. The molecule has 0 saturated carbocycles. The molecule has 3 fully saturated rings. The fourth-order valence-corrected chi connectivity index (χ4v) is 11.2. The van der Waals surface area contributed by atoms with Gasteiger partial charge in [-0.3, -0.25) is 9.69 Å². The van der Waals surface area contributed by atoms with Crippen molar-refractivity contribution in [3.8, 4) is 22.6 Å². The number of aryl methyl sites for hydroxylation is 2. The molecule has 1 amide bonds. The van der Waals surface area contributed by atoms with Crippen molar-refractivity contribution < 1.29 is 70.4 Å². The van der Waals surface area contributed by atoms with E-state index in [0.29, 0.717) is 29.5 Å². The van der Waals surface area contributed by atoms with Crippen LogP contribution >= 0.6 is 0 Å². The number of hydrogen-bond acceptors (Lipinski definition) is 8. The number of ether oxygens (including phenoxy) is 2. The van der Waals surface area contributed by atoms with Crippen molar-refractivity contribution in [1.29, 1.82) is 0 Å². The first-order valence-corrected chi connectivity index (χ1v) is 21.5. The first-order valence-electron chi connectivity index (χ1n) is 19.3. The Balaban J connectivity index is 1.32. The summed E-state index contributed by atoms with van der Waals surface area (Å²) >= 11 is -0.551. The zero-order valence-electron chi connectivity index (χ0n) is 32.1. The fourth-order valence-electron chi connectivity index (χ4n) is 8.56. The quantitative estimate of drug-likeness (QED) is 0.0652. The summed E-state index contributed by atoms with van der Waals surface area (Å²) in [6.45, 7) is 3.37. The number of nitrogens with one attached hydrogen (secondary N) is 1. The Kier molecular flexibility index (Phi) is 11.8. The Bertz CT molecular complexity index is 2300. The van der Waals surface area contributed by atoms with Crippen LogP contribution in [0.25, 0.3) is 11.1 Å². The molecule has 17 heteroatoms. The Morgan fingerprint density at radius 1 is 1.00 bits per heavy atom. The van der Waals surface area contributed by atoms with E-state index in [9.17, 15) is 32.3 Å². The molecule has 4 atom stereocenters. The third kappa shape index (κ3) is 8.32. The number of nitrogens with zero attached hydrogens (tertiary/aromatic N) is 3. The Morgan fingerprint density at radius 2 is 1.80 bits per heavy atom. The van der Waals surface area contributed by atoms with Crippen LogP contribution in [0.1, 0.15) is 64.7 Å². The van der Waals surface area contributed by atoms with Gasteiger partial charge in [-0.25, -0.2) is 4.39 Å². The molecule has 4 aliphatic heterocycles. The van der Waals surface area contributed by atoms with E-state index >= 15 is 8.78 Å². The van der Waals surface area contributed by atoms with Crippen molar-refractivity contribution in [2.24, 2.45) is 0 Å². The first-order chi connectivity index (χ1) is 28.2. The maximum atomic E-state index is 16.4. The summed E-state index contributed by atoms with van der Waals surface area (Å²) in [6, 6.07) is 8.24. The van der Waals surface area contributed by atoms with Crippen molar-refractivity contribution in [2.75, 3.05) is 44.5 Å². The van der Waals surface area contributed by atoms with E-state index in [0.717, 1.165) is 40.9 Å². The summed E-state index contributed by atoms with van der Waals surface area (Å²) in [5.74, 6) is -2.24. The monoisotopic (exact) mass is 939 g/mol. The van der Waals surface area contributed by atoms with Gasteiger partial charge in [0.15, 0.2) is 0 Å². The van der Waals surface area contributed by atoms with E-state index in [1.165, 1.54) is 12.1 Å². The summed E-state index contributed by atoms with van der Waals surface area (Å²) in [5.41, 5.74) is -0.136. The SMILES string of the molecule is Cc1cc2cc(c1F)[C@H](CCOCO)NC(=O)[C@@H](n1cc(CCN3CC(F)C3)c(C(F)(F)F)cc1=O)c1cc(ccc1F)Oc1cc(N3C4CCC3[I-]OC4)cc(C)c1-2. The molecule has 4 aliphatic rings. The number of alkyl halides is 5. The van der Waals surface area contributed by atoms with Gasteiger partial charge in [0.05, 0.1) is 5.56 Å². The van der Waals surface area contributed by atoms with Crippen molar-refractivity contribution in [1.82, 2.24) is 14.8 Å². The van der Waals surface area contributed by atoms with E-state index < -0.39 is 87.1 Å². The zero-order chi connectivity index (χ0) is 41.7. The molecule has 0 spiro atoms. The molecule has 59 heavy (non-hydrogen) atoms. The Morgan fingerprint density at radius 3 is 2.53 bits per heavy atom. The van der Waals surface area contributed by atoms with Crippen LogP contribution in [0.4, 0.5) is 32.0 Å². The third-order valence-corrected chi connectivity index (χ3v) is 14.0. The van der Waals surface area contributed by atoms with Gasteiger partial charge in [-0.2, -0.15) is 13.2 Å². The number of aliphatic hydroxyl groups excluding tert-OH is 1. The predicted octanol–water partition coefficient (Wildman–Crippen LogP) is 3.86. The van der Waals surface area contributed by atoms with Crippen molar-refractivity contribution in [3.63, 3.8) is 0 Å². The molecule has 4 aromatic rings. The molecule has 0 radical (unpaired) electrons. The molecule has 5 heterocycles. The van der Waals surface area contributed by atoms with Gasteiger partial charge in [0.2, 0.25) is 0 Å². The van der Waals surface area contributed by atoms with Gasteiger partial charge in [-0.1, -0.05) is 0 Å². The number of anilines is 1. The molecule has 3 aromatic carbocycles. The molecule has 0 aliphatic carbocycles. The van der Waals surface area contributed by atoms with Gasteiger partial charge in [-0.15, -0.1) is 0 Å². The molecule has 3 saturated heterocycles. The average Bonchev–Trinajstić information content (AvgIpc) is 3.42. The van der Waals surface area contributed by atoms with Crippen LogP contribution in [0, 0.1) is 25.5 Å². The van der Waals surface area contributed by atoms with E-state index in [4.69, 9.17) is 12.5 Å². The number of benzene rings is 3. The van der Waals surface area contributed by atoms with Gasteiger partial charge < -0.3 is 9.84 Å². The number of fused-ring (bicyclic) bond motifs is 8. The van der Waals surface area contributed by atoms with Crippen LogP contribution in [0.5, 0.6) is 11.5 Å². The summed E-state index contributed by atoms with van der Waals surface area (Å²) in [6.07, 6.45) is -3.56. The van der Waals surface area contributed by atoms with Gasteiger partial charge in [0.25, 0.3) is 0 Å². The number of aliphatic hydroxyl groups is 1. The van der Waals surface area contributed by atoms with Crippen LogP contribution in [0.2, 0.25) is 0 Å². The number of carbonyl (C=O) groups excluding carboxylic acids is 1. The standard InChI is InChI=1S/C42H42F6IN4O6/c1-22-12-28(53-27-3-6-36(53)49-58-20-27)14-35-38(22)25-11-23(2)39(45)31(13-25)34(8-10-57-21-54)50-41(56)40(30-15-29(59-35)4-5-33(30)44)52-17-24(7-9-51-18-26(43)19-51)32(16-37(52)55)42(46,47)48/h4-5,11-17,26-27,34,36,40,54H,3,6-10,18-21H2,1-2H3,(H,50,56)/q-1/t27?,34-,36?,40-/m0/s1. The molecule has 2 unspecified atom stereocenters.